The van der Waals surface area contributed by atoms with Gasteiger partial charge in [-0.2, -0.15) is 0 Å². The summed E-state index contributed by atoms with van der Waals surface area (Å²) in [7, 11) is 0.265. The molecule has 0 aliphatic heterocycles. The summed E-state index contributed by atoms with van der Waals surface area (Å²) in [6.45, 7) is 0. The fourth-order valence-corrected chi connectivity index (χ4v) is 0. The zero-order valence-electron chi connectivity index (χ0n) is 2.36. The summed E-state index contributed by atoms with van der Waals surface area (Å²) >= 11 is 0. The van der Waals surface area contributed by atoms with Gasteiger partial charge >= 0.3 is 0 Å². The van der Waals surface area contributed by atoms with Gasteiger partial charge in [0.15, 0.2) is 0 Å². The second kappa shape index (κ2) is 3.90. The van der Waals surface area contributed by atoms with Gasteiger partial charge in [0.2, 0.25) is 0 Å². The average Bonchev–Trinajstić information content (AvgIpc) is 0.811. The van der Waals surface area contributed by atoms with Crippen molar-refractivity contribution in [2.24, 2.45) is 0 Å². The lowest BCUT2D eigenvalue weighted by atomic mass is 11.6. The van der Waals surface area contributed by atoms with Crippen molar-refractivity contribution >= 4 is 26.8 Å². The van der Waals surface area contributed by atoms with Crippen LogP contribution in [0.1, 0.15) is 0 Å². The maximum atomic E-state index is 9.06. The molecule has 0 aromatic rings. The average molecular weight is 108 g/mol. The van der Waals surface area contributed by atoms with Gasteiger partial charge in [-0.15, -0.1) is 0 Å². The molecule has 2 nitrogen and oxygen atoms in total. The van der Waals surface area contributed by atoms with E-state index < -0.39 is 5.59 Å². The molecule has 0 radical (unpaired) electrons. The first kappa shape index (κ1) is 8.86. The highest BCUT2D eigenvalue weighted by molar-refractivity contribution is 6.54. The molecule has 0 unspecified atom stereocenters. The first-order chi connectivity index (χ1) is 1.73. The van der Waals surface area contributed by atoms with Gasteiger partial charge < -0.3 is 5.11 Å². The fourth-order valence-electron chi connectivity index (χ4n) is 0. The van der Waals surface area contributed by atoms with Crippen LogP contribution in [0.3, 0.4) is 0 Å². The third-order valence-corrected chi connectivity index (χ3v) is 0. The van der Waals surface area contributed by atoms with Crippen LogP contribution in [0.5, 0.6) is 0 Å². The smallest absolute Gasteiger partial charge is 0.257 e. The lowest BCUT2D eigenvalue weighted by molar-refractivity contribution is 0.220. The molecule has 0 aliphatic carbocycles. The SMILES string of the molecule is O=C(O)[SiH3].[SiH4]. The molecule has 0 heterocycles. The molecule has 1 N–H and O–H groups in total. The number of carbonyl (C=O) groups is 1. The Morgan fingerprint density at radius 2 is 1.80 bits per heavy atom. The molecule has 32 valence electrons. The molecule has 0 aromatic heterocycles. The lowest BCUT2D eigenvalue weighted by Gasteiger charge is -1.59. The molecule has 0 aromatic carbocycles. The Hall–Kier alpha value is -0.0962. The van der Waals surface area contributed by atoms with Crippen molar-refractivity contribution in [3.8, 4) is 0 Å². The molecule has 0 saturated carbocycles. The van der Waals surface area contributed by atoms with Crippen molar-refractivity contribution in [1.82, 2.24) is 0 Å². The summed E-state index contributed by atoms with van der Waals surface area (Å²) in [6, 6.07) is 0. The van der Waals surface area contributed by atoms with E-state index in [1.165, 1.54) is 0 Å². The Bertz CT molecular complexity index is 30.6. The van der Waals surface area contributed by atoms with Crippen LogP contribution in [0, 0.1) is 0 Å². The van der Waals surface area contributed by atoms with Crippen LogP contribution in [0.2, 0.25) is 0 Å². The van der Waals surface area contributed by atoms with E-state index in [0.29, 0.717) is 0 Å². The normalized spacial score (nSPS) is 5.60. The minimum Gasteiger partial charge on any atom is -0.486 e. The maximum Gasteiger partial charge on any atom is 0.257 e. The zero-order chi connectivity index (χ0) is 3.58. The van der Waals surface area contributed by atoms with Gasteiger partial charge in [0.1, 0.15) is 10.2 Å². The highest BCUT2D eigenvalue weighted by Crippen LogP contribution is 1.41. The van der Waals surface area contributed by atoms with Gasteiger partial charge in [0.25, 0.3) is 5.59 Å². The van der Waals surface area contributed by atoms with Crippen LogP contribution in [-0.4, -0.2) is 31.9 Å². The largest absolute Gasteiger partial charge is 0.486 e. The van der Waals surface area contributed by atoms with E-state index >= 15 is 0 Å². The topological polar surface area (TPSA) is 37.3 Å². The van der Waals surface area contributed by atoms with Gasteiger partial charge in [-0.25, -0.2) is 0 Å². The standard InChI is InChI=1S/CH4O2Si.H4Si/c2-1(3)4;/h4H3,(H,2,3);1H4. The van der Waals surface area contributed by atoms with E-state index in [4.69, 9.17) is 9.90 Å². The summed E-state index contributed by atoms with van der Waals surface area (Å²) < 4.78 is 0. The summed E-state index contributed by atoms with van der Waals surface area (Å²) in [5.74, 6) is 0. The first-order valence-corrected chi connectivity index (χ1v) is 1.93. The van der Waals surface area contributed by atoms with Crippen LogP contribution < -0.4 is 0 Å². The lowest BCUT2D eigenvalue weighted by Crippen LogP contribution is -1.83. The Labute approximate surface area is 37.6 Å². The van der Waals surface area contributed by atoms with Crippen LogP contribution in [0.25, 0.3) is 0 Å². The molecule has 5 heavy (non-hydrogen) atoms. The van der Waals surface area contributed by atoms with Crippen molar-refractivity contribution < 1.29 is 9.90 Å². The predicted octanol–water partition coefficient (Wildman–Crippen LogP) is -2.42. The molecule has 4 heteroatoms. The highest BCUT2D eigenvalue weighted by Gasteiger charge is 1.65. The molecular weight excluding hydrogens is 100 g/mol. The van der Waals surface area contributed by atoms with Crippen molar-refractivity contribution in [3.05, 3.63) is 0 Å². The third kappa shape index (κ3) is 1530. The van der Waals surface area contributed by atoms with Gasteiger partial charge in [-0.1, -0.05) is 0 Å². The second-order valence-corrected chi connectivity index (χ2v) is 1.37. The summed E-state index contributed by atoms with van der Waals surface area (Å²) in [5.41, 5.74) is -0.694. The van der Waals surface area contributed by atoms with Crippen LogP contribution >= 0.6 is 0 Å². The van der Waals surface area contributed by atoms with E-state index in [-0.39, 0.29) is 21.2 Å². The number of carboxylic acid groups (broad SMARTS) is 1. The van der Waals surface area contributed by atoms with E-state index in [1.54, 1.807) is 0 Å². The maximum absolute atomic E-state index is 9.06. The number of hydrogen-bond donors (Lipinski definition) is 1. The highest BCUT2D eigenvalue weighted by atomic mass is 28.1. The Kier molecular flexibility index (Phi) is 6.92. The van der Waals surface area contributed by atoms with Crippen LogP contribution in [0.4, 0.5) is 4.79 Å². The van der Waals surface area contributed by atoms with Gasteiger partial charge in [-0.3, -0.25) is 4.79 Å². The molecule has 0 rings (SSSR count). The molecule has 0 saturated heterocycles. The van der Waals surface area contributed by atoms with Gasteiger partial charge in [0.05, 0.1) is 0 Å². The fraction of sp³-hybridized carbons (Fsp3) is 0. The molecule has 0 bridgehead atoms. The summed E-state index contributed by atoms with van der Waals surface area (Å²) in [5, 5.41) is 7.48. The minimum atomic E-state index is -0.694. The predicted molar refractivity (Wildman–Crippen MR) is 29.3 cm³/mol. The monoisotopic (exact) mass is 108 g/mol. The zero-order valence-corrected chi connectivity index (χ0v) is 4.36. The summed E-state index contributed by atoms with van der Waals surface area (Å²) in [4.78, 5) is 9.06. The minimum absolute atomic E-state index is 0. The van der Waals surface area contributed by atoms with E-state index in [0.717, 1.165) is 0 Å². The Balaban J connectivity index is 0. The Morgan fingerprint density at radius 3 is 1.80 bits per heavy atom. The second-order valence-electron chi connectivity index (χ2n) is 0.519. The molecule has 0 atom stereocenters. The molecule has 0 fully saturated rings. The molecule has 0 spiro atoms. The van der Waals surface area contributed by atoms with Gasteiger partial charge in [0, 0.05) is 0 Å². The molecule has 0 amide bonds. The van der Waals surface area contributed by atoms with Gasteiger partial charge in [-0.05, 0) is 11.0 Å². The molecular formula is CH8O2Si2. The first-order valence-electron chi connectivity index (χ1n) is 0.928. The number of rotatable bonds is 0. The van der Waals surface area contributed by atoms with Crippen LogP contribution in [-0.2, 0) is 0 Å². The van der Waals surface area contributed by atoms with Crippen molar-refractivity contribution in [1.29, 1.82) is 0 Å². The van der Waals surface area contributed by atoms with E-state index in [1.807, 2.05) is 0 Å². The van der Waals surface area contributed by atoms with Crippen molar-refractivity contribution in [2.75, 3.05) is 0 Å². The summed E-state index contributed by atoms with van der Waals surface area (Å²) in [6.07, 6.45) is 0. The quantitative estimate of drug-likeness (QED) is 0.351. The Morgan fingerprint density at radius 1 is 1.80 bits per heavy atom. The molecule has 0 aliphatic rings. The van der Waals surface area contributed by atoms with Crippen molar-refractivity contribution in [2.45, 2.75) is 0 Å². The van der Waals surface area contributed by atoms with E-state index in [9.17, 15) is 0 Å². The van der Waals surface area contributed by atoms with Crippen molar-refractivity contribution in [3.63, 3.8) is 0 Å². The number of hydrogen-bond acceptors (Lipinski definition) is 1. The van der Waals surface area contributed by atoms with Crippen LogP contribution in [0.15, 0.2) is 0 Å². The van der Waals surface area contributed by atoms with E-state index in [2.05, 4.69) is 0 Å². The third-order valence-electron chi connectivity index (χ3n) is 0.